The highest BCUT2D eigenvalue weighted by Gasteiger charge is 2.24. The van der Waals surface area contributed by atoms with Crippen LogP contribution in [-0.2, 0) is 0 Å². The van der Waals surface area contributed by atoms with Crippen molar-refractivity contribution in [2.45, 2.75) is 25.3 Å². The van der Waals surface area contributed by atoms with Gasteiger partial charge in [-0.05, 0) is 25.3 Å². The third kappa shape index (κ3) is 1.37. The Hall–Kier alpha value is -1.00. The fourth-order valence-electron chi connectivity index (χ4n) is 2.00. The van der Waals surface area contributed by atoms with Crippen LogP contribution in [0, 0.1) is 0 Å². The lowest BCUT2D eigenvalue weighted by atomic mass is 9.93. The van der Waals surface area contributed by atoms with Crippen molar-refractivity contribution in [3.05, 3.63) is 16.2 Å². The van der Waals surface area contributed by atoms with E-state index in [1.165, 1.54) is 6.42 Å². The van der Waals surface area contributed by atoms with Gasteiger partial charge in [0, 0.05) is 6.04 Å². The lowest BCUT2D eigenvalue weighted by Gasteiger charge is -2.27. The van der Waals surface area contributed by atoms with Crippen molar-refractivity contribution < 1.29 is 0 Å². The van der Waals surface area contributed by atoms with Crippen molar-refractivity contribution in [1.29, 1.82) is 0 Å². The topological polar surface area (TPSA) is 56.7 Å². The Labute approximate surface area is 102 Å². The second-order valence-corrected chi connectivity index (χ2v) is 4.79. The lowest BCUT2D eigenvalue weighted by Crippen LogP contribution is -2.19. The molecular formula is C10H10Cl2N4. The minimum atomic E-state index is 0.301. The number of nitrogens with two attached hydrogens (primary N) is 1. The van der Waals surface area contributed by atoms with Gasteiger partial charge in [0.05, 0.1) is 5.02 Å². The predicted molar refractivity (Wildman–Crippen MR) is 64.8 cm³/mol. The summed E-state index contributed by atoms with van der Waals surface area (Å²) in [5, 5.41) is 0.710. The number of anilines is 1. The van der Waals surface area contributed by atoms with Gasteiger partial charge in [-0.15, -0.1) is 0 Å². The van der Waals surface area contributed by atoms with Gasteiger partial charge in [-0.25, -0.2) is 9.97 Å². The van der Waals surface area contributed by atoms with E-state index < -0.39 is 0 Å². The Morgan fingerprint density at radius 2 is 2.06 bits per heavy atom. The second kappa shape index (κ2) is 3.50. The maximum absolute atomic E-state index is 5.91. The summed E-state index contributed by atoms with van der Waals surface area (Å²) < 4.78 is 1.96. The summed E-state index contributed by atoms with van der Waals surface area (Å²) in [7, 11) is 0. The summed E-state index contributed by atoms with van der Waals surface area (Å²) in [5.74, 6) is 0.491. The zero-order chi connectivity index (χ0) is 11.3. The van der Waals surface area contributed by atoms with Crippen molar-refractivity contribution >= 4 is 40.3 Å². The Kier molecular flexibility index (Phi) is 2.23. The summed E-state index contributed by atoms with van der Waals surface area (Å²) in [6.07, 6.45) is 3.47. The molecule has 16 heavy (non-hydrogen) atoms. The van der Waals surface area contributed by atoms with E-state index in [2.05, 4.69) is 9.97 Å². The minimum Gasteiger partial charge on any atom is -0.369 e. The van der Waals surface area contributed by atoms with E-state index in [0.29, 0.717) is 27.7 Å². The van der Waals surface area contributed by atoms with Gasteiger partial charge < -0.3 is 5.73 Å². The molecule has 0 unspecified atom stereocenters. The highest BCUT2D eigenvalue weighted by Crippen LogP contribution is 2.36. The van der Waals surface area contributed by atoms with Crippen LogP contribution in [0.15, 0.2) is 6.07 Å². The van der Waals surface area contributed by atoms with E-state index in [4.69, 9.17) is 28.9 Å². The highest BCUT2D eigenvalue weighted by atomic mass is 35.5. The summed E-state index contributed by atoms with van der Waals surface area (Å²) in [4.78, 5) is 8.51. The molecule has 0 aromatic carbocycles. The fourth-order valence-corrected chi connectivity index (χ4v) is 2.28. The molecule has 84 valence electrons. The zero-order valence-corrected chi connectivity index (χ0v) is 9.96. The summed E-state index contributed by atoms with van der Waals surface area (Å²) in [5.41, 5.74) is 7.33. The van der Waals surface area contributed by atoms with Gasteiger partial charge in [-0.2, -0.15) is 0 Å². The van der Waals surface area contributed by atoms with Gasteiger partial charge in [0.2, 0.25) is 5.95 Å². The minimum absolute atomic E-state index is 0.301. The molecule has 1 saturated carbocycles. The van der Waals surface area contributed by atoms with Crippen molar-refractivity contribution in [3.8, 4) is 0 Å². The second-order valence-electron chi connectivity index (χ2n) is 4.03. The molecule has 1 aliphatic carbocycles. The van der Waals surface area contributed by atoms with Crippen LogP contribution in [0.1, 0.15) is 25.3 Å². The molecular weight excluding hydrogens is 247 g/mol. The number of hydrogen-bond donors (Lipinski definition) is 1. The van der Waals surface area contributed by atoms with Crippen LogP contribution < -0.4 is 5.73 Å². The standard InChI is InChI=1S/C10H10Cl2N4/c11-6-4-7-9(15-8(6)12)16(10(13)14-7)5-2-1-3-5/h4-5H,1-3H2,(H2,13,14). The molecule has 0 amide bonds. The van der Waals surface area contributed by atoms with E-state index in [0.717, 1.165) is 18.5 Å². The number of rotatable bonds is 1. The molecule has 2 heterocycles. The molecule has 3 rings (SSSR count). The number of halogens is 2. The van der Waals surface area contributed by atoms with E-state index >= 15 is 0 Å². The average Bonchev–Trinajstić information content (AvgIpc) is 2.43. The van der Waals surface area contributed by atoms with Crippen LogP contribution in [-0.4, -0.2) is 14.5 Å². The van der Waals surface area contributed by atoms with E-state index in [-0.39, 0.29) is 0 Å². The van der Waals surface area contributed by atoms with Gasteiger partial charge in [-0.1, -0.05) is 23.2 Å². The Balaban J connectivity index is 2.26. The maximum atomic E-state index is 5.91. The Bertz CT molecular complexity index is 559. The Morgan fingerprint density at radius 3 is 2.69 bits per heavy atom. The first-order valence-corrected chi connectivity index (χ1v) is 5.92. The monoisotopic (exact) mass is 256 g/mol. The molecule has 0 bridgehead atoms. The first-order valence-electron chi connectivity index (χ1n) is 5.16. The molecule has 2 aromatic rings. The van der Waals surface area contributed by atoms with Crippen LogP contribution in [0.25, 0.3) is 11.2 Å². The number of hydrogen-bond acceptors (Lipinski definition) is 3. The van der Waals surface area contributed by atoms with Gasteiger partial charge in [0.25, 0.3) is 0 Å². The normalized spacial score (nSPS) is 16.6. The van der Waals surface area contributed by atoms with Crippen molar-refractivity contribution in [2.24, 2.45) is 0 Å². The SMILES string of the molecule is Nc1nc2cc(Cl)c(Cl)nc2n1C1CCC1. The molecule has 0 radical (unpaired) electrons. The number of fused-ring (bicyclic) bond motifs is 1. The van der Waals surface area contributed by atoms with E-state index in [9.17, 15) is 0 Å². The molecule has 0 atom stereocenters. The smallest absolute Gasteiger partial charge is 0.202 e. The molecule has 4 nitrogen and oxygen atoms in total. The number of nitrogen functional groups attached to an aromatic ring is 1. The van der Waals surface area contributed by atoms with E-state index in [1.807, 2.05) is 4.57 Å². The number of imidazole rings is 1. The average molecular weight is 257 g/mol. The van der Waals surface area contributed by atoms with Crippen LogP contribution in [0.2, 0.25) is 10.2 Å². The number of pyridine rings is 1. The largest absolute Gasteiger partial charge is 0.369 e. The summed E-state index contributed by atoms with van der Waals surface area (Å²) in [6.45, 7) is 0. The van der Waals surface area contributed by atoms with Crippen molar-refractivity contribution in [1.82, 2.24) is 14.5 Å². The molecule has 1 fully saturated rings. The highest BCUT2D eigenvalue weighted by molar-refractivity contribution is 6.41. The quantitative estimate of drug-likeness (QED) is 0.799. The van der Waals surface area contributed by atoms with Crippen LogP contribution in [0.3, 0.4) is 0 Å². The van der Waals surface area contributed by atoms with Gasteiger partial charge in [0.1, 0.15) is 10.7 Å². The summed E-state index contributed by atoms with van der Waals surface area (Å²) in [6, 6.07) is 2.12. The first kappa shape index (κ1) is 10.2. The molecule has 6 heteroatoms. The molecule has 1 aliphatic rings. The number of nitrogens with zero attached hydrogens (tertiary/aromatic N) is 3. The molecule has 0 aliphatic heterocycles. The third-order valence-corrected chi connectivity index (χ3v) is 3.72. The van der Waals surface area contributed by atoms with Crippen molar-refractivity contribution in [3.63, 3.8) is 0 Å². The Morgan fingerprint density at radius 1 is 1.31 bits per heavy atom. The zero-order valence-electron chi connectivity index (χ0n) is 8.45. The molecule has 2 N–H and O–H groups in total. The predicted octanol–water partition coefficient (Wildman–Crippen LogP) is 3.05. The van der Waals surface area contributed by atoms with Gasteiger partial charge in [-0.3, -0.25) is 4.57 Å². The van der Waals surface area contributed by atoms with E-state index in [1.54, 1.807) is 6.07 Å². The van der Waals surface area contributed by atoms with Gasteiger partial charge >= 0.3 is 0 Å². The van der Waals surface area contributed by atoms with Crippen LogP contribution in [0.4, 0.5) is 5.95 Å². The van der Waals surface area contributed by atoms with Gasteiger partial charge in [0.15, 0.2) is 5.65 Å². The van der Waals surface area contributed by atoms with Crippen molar-refractivity contribution in [2.75, 3.05) is 5.73 Å². The molecule has 0 saturated heterocycles. The van der Waals surface area contributed by atoms with Crippen LogP contribution in [0.5, 0.6) is 0 Å². The number of aromatic nitrogens is 3. The molecule has 0 spiro atoms. The molecule has 2 aromatic heterocycles. The lowest BCUT2D eigenvalue weighted by molar-refractivity contribution is 0.323. The van der Waals surface area contributed by atoms with Crippen LogP contribution >= 0.6 is 23.2 Å². The third-order valence-electron chi connectivity index (χ3n) is 3.04. The fraction of sp³-hybridized carbons (Fsp3) is 0.400. The summed E-state index contributed by atoms with van der Waals surface area (Å²) >= 11 is 11.8. The maximum Gasteiger partial charge on any atom is 0.202 e. The first-order chi connectivity index (χ1) is 7.66.